The number of hydrogen-bond donors (Lipinski definition) is 0. The predicted octanol–water partition coefficient (Wildman–Crippen LogP) is 3.76. The molecule has 0 saturated carbocycles. The number of ether oxygens (including phenoxy) is 1. The highest BCUT2D eigenvalue weighted by Gasteiger charge is 2.24. The molecular formula is C24H28N4O2. The average molecular weight is 405 g/mol. The second-order valence-corrected chi connectivity index (χ2v) is 7.88. The molecule has 6 heteroatoms. The predicted molar refractivity (Wildman–Crippen MR) is 118 cm³/mol. The lowest BCUT2D eigenvalue weighted by molar-refractivity contribution is 0.0507. The summed E-state index contributed by atoms with van der Waals surface area (Å²) in [5, 5.41) is 4.24. The summed E-state index contributed by atoms with van der Waals surface area (Å²) in [6.45, 7) is 1.95. The molecule has 1 amide bonds. The summed E-state index contributed by atoms with van der Waals surface area (Å²) in [5.74, 6) is 0.0224. The summed E-state index contributed by atoms with van der Waals surface area (Å²) >= 11 is 0. The van der Waals surface area contributed by atoms with Gasteiger partial charge in [0.1, 0.15) is 0 Å². The van der Waals surface area contributed by atoms with Crippen LogP contribution in [0.2, 0.25) is 0 Å². The Morgan fingerprint density at radius 3 is 2.50 bits per heavy atom. The van der Waals surface area contributed by atoms with E-state index in [1.54, 1.807) is 10.9 Å². The fourth-order valence-electron chi connectivity index (χ4n) is 3.73. The summed E-state index contributed by atoms with van der Waals surface area (Å²) in [7, 11) is 4.05. The van der Waals surface area contributed by atoms with Crippen LogP contribution >= 0.6 is 0 Å². The molecule has 1 aliphatic rings. The van der Waals surface area contributed by atoms with Gasteiger partial charge in [0.25, 0.3) is 5.91 Å². The van der Waals surface area contributed by atoms with E-state index in [9.17, 15) is 4.79 Å². The molecule has 2 heterocycles. The first-order valence-corrected chi connectivity index (χ1v) is 10.4. The van der Waals surface area contributed by atoms with Crippen molar-refractivity contribution in [1.29, 1.82) is 0 Å². The molecule has 0 aliphatic carbocycles. The lowest BCUT2D eigenvalue weighted by Gasteiger charge is -2.26. The number of benzene rings is 2. The number of aromatic nitrogens is 2. The van der Waals surface area contributed by atoms with Crippen LogP contribution in [0.25, 0.3) is 5.69 Å². The Hall–Kier alpha value is -3.12. The minimum absolute atomic E-state index is 0.0224. The van der Waals surface area contributed by atoms with Crippen LogP contribution in [0.4, 0.5) is 5.69 Å². The Labute approximate surface area is 177 Å². The van der Waals surface area contributed by atoms with Gasteiger partial charge in [-0.1, -0.05) is 12.1 Å². The third kappa shape index (κ3) is 4.71. The fourth-order valence-corrected chi connectivity index (χ4v) is 3.73. The third-order valence-electron chi connectivity index (χ3n) is 5.44. The lowest BCUT2D eigenvalue weighted by atomic mass is 10.1. The number of amides is 1. The van der Waals surface area contributed by atoms with E-state index in [2.05, 4.69) is 34.3 Å². The molecule has 30 heavy (non-hydrogen) atoms. The zero-order valence-electron chi connectivity index (χ0n) is 17.6. The molecule has 6 nitrogen and oxygen atoms in total. The van der Waals surface area contributed by atoms with Gasteiger partial charge >= 0.3 is 0 Å². The van der Waals surface area contributed by atoms with Gasteiger partial charge in [0.15, 0.2) is 0 Å². The summed E-state index contributed by atoms with van der Waals surface area (Å²) in [4.78, 5) is 17.3. The highest BCUT2D eigenvalue weighted by Crippen LogP contribution is 2.20. The maximum atomic E-state index is 13.3. The molecule has 0 N–H and O–H groups in total. The van der Waals surface area contributed by atoms with Crippen molar-refractivity contribution in [3.63, 3.8) is 0 Å². The van der Waals surface area contributed by atoms with Crippen LogP contribution < -0.4 is 4.90 Å². The fraction of sp³-hybridized carbons (Fsp3) is 0.333. The van der Waals surface area contributed by atoms with E-state index < -0.39 is 0 Å². The van der Waals surface area contributed by atoms with Crippen LogP contribution in [0, 0.1) is 0 Å². The quantitative estimate of drug-likeness (QED) is 0.602. The smallest absolute Gasteiger partial charge is 0.254 e. The SMILES string of the molecule is CN(C)c1ccc(CN(CC2CCCO2)C(=O)c2ccc(-n3cccn3)cc2)cc1. The van der Waals surface area contributed by atoms with Crippen molar-refractivity contribution in [2.24, 2.45) is 0 Å². The van der Waals surface area contributed by atoms with Gasteiger partial charge in [-0.25, -0.2) is 4.68 Å². The second kappa shape index (κ2) is 9.13. The topological polar surface area (TPSA) is 50.6 Å². The highest BCUT2D eigenvalue weighted by atomic mass is 16.5. The molecule has 2 aromatic carbocycles. The van der Waals surface area contributed by atoms with Crippen molar-refractivity contribution in [2.75, 3.05) is 32.1 Å². The summed E-state index contributed by atoms with van der Waals surface area (Å²) in [5.41, 5.74) is 3.86. The van der Waals surface area contributed by atoms with Gasteiger partial charge < -0.3 is 14.5 Å². The van der Waals surface area contributed by atoms with E-state index in [-0.39, 0.29) is 12.0 Å². The third-order valence-corrected chi connectivity index (χ3v) is 5.44. The van der Waals surface area contributed by atoms with Crippen LogP contribution in [0.5, 0.6) is 0 Å². The number of hydrogen-bond acceptors (Lipinski definition) is 4. The molecule has 1 aromatic heterocycles. The van der Waals surface area contributed by atoms with Crippen molar-refractivity contribution in [3.05, 3.63) is 78.1 Å². The molecule has 156 valence electrons. The van der Waals surface area contributed by atoms with Crippen molar-refractivity contribution in [1.82, 2.24) is 14.7 Å². The molecule has 3 aromatic rings. The van der Waals surface area contributed by atoms with Crippen LogP contribution in [0.1, 0.15) is 28.8 Å². The van der Waals surface area contributed by atoms with Crippen molar-refractivity contribution < 1.29 is 9.53 Å². The molecule has 1 atom stereocenters. The minimum Gasteiger partial charge on any atom is -0.378 e. The summed E-state index contributed by atoms with van der Waals surface area (Å²) in [6.07, 6.45) is 5.80. The molecule has 0 radical (unpaired) electrons. The Kier molecular flexibility index (Phi) is 6.14. The monoisotopic (exact) mass is 404 g/mol. The Morgan fingerprint density at radius 1 is 1.13 bits per heavy atom. The Morgan fingerprint density at radius 2 is 1.90 bits per heavy atom. The van der Waals surface area contributed by atoms with Gasteiger partial charge in [0.05, 0.1) is 11.8 Å². The first-order chi connectivity index (χ1) is 14.6. The Balaban J connectivity index is 1.52. The number of rotatable bonds is 7. The van der Waals surface area contributed by atoms with Gasteiger partial charge in [0.2, 0.25) is 0 Å². The van der Waals surface area contributed by atoms with Crippen molar-refractivity contribution in [3.8, 4) is 5.69 Å². The number of carbonyl (C=O) groups excluding carboxylic acids is 1. The summed E-state index contributed by atoms with van der Waals surface area (Å²) in [6, 6.07) is 17.8. The van der Waals surface area contributed by atoms with Crippen LogP contribution in [0.15, 0.2) is 67.0 Å². The van der Waals surface area contributed by atoms with Crippen molar-refractivity contribution in [2.45, 2.75) is 25.5 Å². The highest BCUT2D eigenvalue weighted by molar-refractivity contribution is 5.94. The van der Waals surface area contributed by atoms with E-state index in [0.717, 1.165) is 36.4 Å². The molecule has 0 spiro atoms. The molecule has 1 saturated heterocycles. The van der Waals surface area contributed by atoms with E-state index in [4.69, 9.17) is 4.74 Å². The first kappa shape index (κ1) is 20.2. The van der Waals surface area contributed by atoms with Gasteiger partial charge in [-0.3, -0.25) is 4.79 Å². The number of anilines is 1. The maximum Gasteiger partial charge on any atom is 0.254 e. The van der Waals surface area contributed by atoms with Crippen LogP contribution in [0.3, 0.4) is 0 Å². The Bertz CT molecular complexity index is 944. The van der Waals surface area contributed by atoms with E-state index in [0.29, 0.717) is 18.7 Å². The minimum atomic E-state index is 0.0224. The van der Waals surface area contributed by atoms with Gasteiger partial charge in [-0.2, -0.15) is 5.10 Å². The number of carbonyl (C=O) groups is 1. The van der Waals surface area contributed by atoms with E-state index >= 15 is 0 Å². The zero-order chi connectivity index (χ0) is 20.9. The molecule has 1 fully saturated rings. The number of nitrogens with zero attached hydrogens (tertiary/aromatic N) is 4. The standard InChI is InChI=1S/C24H28N4O2/c1-26(2)21-10-6-19(7-11-21)17-27(18-23-5-3-16-30-23)24(29)20-8-12-22(13-9-20)28-15-4-14-25-28/h4,6-15,23H,3,5,16-18H2,1-2H3. The normalized spacial score (nSPS) is 15.9. The van der Waals surface area contributed by atoms with Crippen LogP contribution in [-0.2, 0) is 11.3 Å². The van der Waals surface area contributed by atoms with Gasteiger partial charge in [0, 0.05) is 57.4 Å². The molecule has 0 bridgehead atoms. The largest absolute Gasteiger partial charge is 0.378 e. The van der Waals surface area contributed by atoms with Crippen LogP contribution in [-0.4, -0.2) is 53.9 Å². The first-order valence-electron chi connectivity index (χ1n) is 10.4. The maximum absolute atomic E-state index is 13.3. The van der Waals surface area contributed by atoms with Gasteiger partial charge in [-0.15, -0.1) is 0 Å². The molecule has 4 rings (SSSR count). The molecular weight excluding hydrogens is 376 g/mol. The average Bonchev–Trinajstić information content (AvgIpc) is 3.48. The lowest BCUT2D eigenvalue weighted by Crippen LogP contribution is -2.37. The second-order valence-electron chi connectivity index (χ2n) is 7.88. The zero-order valence-corrected chi connectivity index (χ0v) is 17.6. The van der Waals surface area contributed by atoms with Gasteiger partial charge in [-0.05, 0) is 60.9 Å². The van der Waals surface area contributed by atoms with E-state index in [1.165, 1.54) is 0 Å². The summed E-state index contributed by atoms with van der Waals surface area (Å²) < 4.78 is 7.60. The van der Waals surface area contributed by atoms with E-state index in [1.807, 2.05) is 55.5 Å². The molecule has 1 unspecified atom stereocenters. The molecule has 1 aliphatic heterocycles. The van der Waals surface area contributed by atoms with Crippen molar-refractivity contribution >= 4 is 11.6 Å².